The number of nitrogens with one attached hydrogen (secondary N) is 1. The first-order valence-corrected chi connectivity index (χ1v) is 6.25. The van der Waals surface area contributed by atoms with Crippen molar-refractivity contribution in [2.24, 2.45) is 0 Å². The first kappa shape index (κ1) is 12.8. The molecule has 0 unspecified atom stereocenters. The summed E-state index contributed by atoms with van der Waals surface area (Å²) < 4.78 is 41.6. The molecule has 5 heteroatoms. The largest absolute Gasteiger partial charge is 0.573 e. The molecular formula is C15H12F3NO. The van der Waals surface area contributed by atoms with Gasteiger partial charge in [-0.2, -0.15) is 0 Å². The fourth-order valence-electron chi connectivity index (χ4n) is 2.50. The zero-order valence-electron chi connectivity index (χ0n) is 10.5. The molecule has 20 heavy (non-hydrogen) atoms. The number of para-hydroxylation sites is 1. The van der Waals surface area contributed by atoms with Crippen LogP contribution in [0.5, 0.6) is 5.75 Å². The molecule has 2 nitrogen and oxygen atoms in total. The highest BCUT2D eigenvalue weighted by molar-refractivity contribution is 5.79. The smallest absolute Gasteiger partial charge is 0.405 e. The lowest BCUT2D eigenvalue weighted by Gasteiger charge is -2.15. The third-order valence-electron chi connectivity index (χ3n) is 3.27. The van der Waals surface area contributed by atoms with E-state index in [1.165, 1.54) is 12.1 Å². The SMILES string of the molecule is FC(F)(F)Oc1ccccc1-c1cccc2c1CCN2. The Morgan fingerprint density at radius 3 is 2.50 bits per heavy atom. The highest BCUT2D eigenvalue weighted by atomic mass is 19.4. The van der Waals surface area contributed by atoms with Crippen LogP contribution in [0.2, 0.25) is 0 Å². The number of benzene rings is 2. The molecule has 0 radical (unpaired) electrons. The number of fused-ring (bicyclic) bond motifs is 1. The lowest BCUT2D eigenvalue weighted by molar-refractivity contribution is -0.274. The molecule has 1 N–H and O–H groups in total. The predicted molar refractivity (Wildman–Crippen MR) is 70.8 cm³/mol. The van der Waals surface area contributed by atoms with Gasteiger partial charge in [0.25, 0.3) is 0 Å². The predicted octanol–water partition coefficient (Wildman–Crippen LogP) is 4.22. The Balaban J connectivity index is 2.09. The van der Waals surface area contributed by atoms with Crippen LogP contribution in [0.1, 0.15) is 5.56 Å². The van der Waals surface area contributed by atoms with E-state index in [1.807, 2.05) is 18.2 Å². The van der Waals surface area contributed by atoms with Gasteiger partial charge in [0.05, 0.1) is 0 Å². The van der Waals surface area contributed by atoms with Crippen molar-refractivity contribution in [1.29, 1.82) is 0 Å². The minimum Gasteiger partial charge on any atom is -0.405 e. The molecule has 0 amide bonds. The van der Waals surface area contributed by atoms with E-state index < -0.39 is 6.36 Å². The zero-order chi connectivity index (χ0) is 14.2. The zero-order valence-corrected chi connectivity index (χ0v) is 10.5. The van der Waals surface area contributed by atoms with E-state index in [2.05, 4.69) is 10.1 Å². The highest BCUT2D eigenvalue weighted by Crippen LogP contribution is 2.39. The van der Waals surface area contributed by atoms with E-state index in [9.17, 15) is 13.2 Å². The molecule has 0 aliphatic carbocycles. The van der Waals surface area contributed by atoms with Crippen LogP contribution in [0.25, 0.3) is 11.1 Å². The first-order chi connectivity index (χ1) is 9.54. The third-order valence-corrected chi connectivity index (χ3v) is 3.27. The molecule has 1 heterocycles. The fourth-order valence-corrected chi connectivity index (χ4v) is 2.50. The van der Waals surface area contributed by atoms with Crippen LogP contribution in [-0.4, -0.2) is 12.9 Å². The molecule has 0 fully saturated rings. The van der Waals surface area contributed by atoms with E-state index in [0.29, 0.717) is 5.56 Å². The topological polar surface area (TPSA) is 21.3 Å². The maximum atomic E-state index is 12.5. The molecule has 1 aliphatic rings. The van der Waals surface area contributed by atoms with Gasteiger partial charge in [-0.25, -0.2) is 0 Å². The average Bonchev–Trinajstić information content (AvgIpc) is 2.85. The van der Waals surface area contributed by atoms with Gasteiger partial charge < -0.3 is 10.1 Å². The monoisotopic (exact) mass is 279 g/mol. The van der Waals surface area contributed by atoms with Crippen molar-refractivity contribution in [1.82, 2.24) is 0 Å². The van der Waals surface area contributed by atoms with E-state index in [-0.39, 0.29) is 5.75 Å². The van der Waals surface area contributed by atoms with Gasteiger partial charge in [0.15, 0.2) is 0 Å². The summed E-state index contributed by atoms with van der Waals surface area (Å²) in [6.07, 6.45) is -3.89. The molecule has 104 valence electrons. The Kier molecular flexibility index (Phi) is 3.04. The molecule has 0 aromatic heterocycles. The van der Waals surface area contributed by atoms with Crippen molar-refractivity contribution in [3.63, 3.8) is 0 Å². The molecule has 0 spiro atoms. The number of alkyl halides is 3. The Bertz CT molecular complexity index is 637. The van der Waals surface area contributed by atoms with Gasteiger partial charge in [0.2, 0.25) is 0 Å². The minimum atomic E-state index is -4.69. The summed E-state index contributed by atoms with van der Waals surface area (Å²) in [5, 5.41) is 3.21. The van der Waals surface area contributed by atoms with E-state index in [4.69, 9.17) is 0 Å². The Morgan fingerprint density at radius 1 is 0.950 bits per heavy atom. The van der Waals surface area contributed by atoms with Crippen LogP contribution < -0.4 is 10.1 Å². The van der Waals surface area contributed by atoms with Gasteiger partial charge in [-0.05, 0) is 29.7 Å². The second-order valence-electron chi connectivity index (χ2n) is 4.55. The summed E-state index contributed by atoms with van der Waals surface area (Å²) in [6, 6.07) is 11.8. The van der Waals surface area contributed by atoms with Gasteiger partial charge in [-0.15, -0.1) is 13.2 Å². The summed E-state index contributed by atoms with van der Waals surface area (Å²) in [7, 11) is 0. The van der Waals surface area contributed by atoms with Crippen molar-refractivity contribution < 1.29 is 17.9 Å². The normalized spacial score (nSPS) is 13.8. The third kappa shape index (κ3) is 2.43. The summed E-state index contributed by atoms with van der Waals surface area (Å²) in [5.74, 6) is -0.166. The number of hydrogen-bond acceptors (Lipinski definition) is 2. The van der Waals surface area contributed by atoms with Gasteiger partial charge in [0.1, 0.15) is 5.75 Å². The lowest BCUT2D eigenvalue weighted by Crippen LogP contribution is -2.17. The summed E-state index contributed by atoms with van der Waals surface area (Å²) in [5.41, 5.74) is 3.26. The van der Waals surface area contributed by atoms with Crippen molar-refractivity contribution >= 4 is 5.69 Å². The highest BCUT2D eigenvalue weighted by Gasteiger charge is 2.32. The maximum absolute atomic E-state index is 12.5. The first-order valence-electron chi connectivity index (χ1n) is 6.25. The number of ether oxygens (including phenoxy) is 1. The molecular weight excluding hydrogens is 267 g/mol. The number of rotatable bonds is 2. The van der Waals surface area contributed by atoms with Crippen LogP contribution in [0.3, 0.4) is 0 Å². The number of halogens is 3. The van der Waals surface area contributed by atoms with Gasteiger partial charge in [-0.1, -0.05) is 30.3 Å². The Morgan fingerprint density at radius 2 is 1.70 bits per heavy atom. The lowest BCUT2D eigenvalue weighted by atomic mass is 9.97. The van der Waals surface area contributed by atoms with Gasteiger partial charge >= 0.3 is 6.36 Å². The molecule has 3 rings (SSSR count). The molecule has 2 aromatic rings. The minimum absolute atomic E-state index is 0.166. The molecule has 0 bridgehead atoms. The van der Waals surface area contributed by atoms with Crippen LogP contribution >= 0.6 is 0 Å². The van der Waals surface area contributed by atoms with Crippen molar-refractivity contribution in [2.75, 3.05) is 11.9 Å². The van der Waals surface area contributed by atoms with Crippen molar-refractivity contribution in [2.45, 2.75) is 12.8 Å². The molecule has 0 atom stereocenters. The van der Waals surface area contributed by atoms with Crippen LogP contribution in [0.15, 0.2) is 42.5 Å². The second kappa shape index (κ2) is 4.74. The average molecular weight is 279 g/mol. The standard InChI is InChI=1S/C15H12F3NO/c16-15(17,18)20-14-7-2-1-4-12(14)10-5-3-6-13-11(10)8-9-19-13/h1-7,19H,8-9H2. The molecule has 0 saturated carbocycles. The van der Waals surface area contributed by atoms with Crippen molar-refractivity contribution in [3.05, 3.63) is 48.0 Å². The molecule has 2 aromatic carbocycles. The van der Waals surface area contributed by atoms with Crippen LogP contribution in [0, 0.1) is 0 Å². The number of hydrogen-bond donors (Lipinski definition) is 1. The fraction of sp³-hybridized carbons (Fsp3) is 0.200. The Hall–Kier alpha value is -2.17. The van der Waals surface area contributed by atoms with Crippen LogP contribution in [-0.2, 0) is 6.42 Å². The van der Waals surface area contributed by atoms with Crippen LogP contribution in [0.4, 0.5) is 18.9 Å². The van der Waals surface area contributed by atoms with Gasteiger partial charge in [0, 0.05) is 17.8 Å². The second-order valence-corrected chi connectivity index (χ2v) is 4.55. The van der Waals surface area contributed by atoms with E-state index in [0.717, 1.165) is 29.8 Å². The van der Waals surface area contributed by atoms with Crippen molar-refractivity contribution in [3.8, 4) is 16.9 Å². The van der Waals surface area contributed by atoms with Gasteiger partial charge in [-0.3, -0.25) is 0 Å². The molecule has 1 aliphatic heterocycles. The summed E-state index contributed by atoms with van der Waals surface area (Å²) in [4.78, 5) is 0. The summed E-state index contributed by atoms with van der Waals surface area (Å²) in [6.45, 7) is 0.800. The summed E-state index contributed by atoms with van der Waals surface area (Å²) >= 11 is 0. The molecule has 0 saturated heterocycles. The maximum Gasteiger partial charge on any atom is 0.573 e. The Labute approximate surface area is 114 Å². The number of anilines is 1. The van der Waals surface area contributed by atoms with E-state index >= 15 is 0 Å². The quantitative estimate of drug-likeness (QED) is 0.888. The van der Waals surface area contributed by atoms with E-state index in [1.54, 1.807) is 12.1 Å².